The van der Waals surface area contributed by atoms with Crippen LogP contribution in [0.25, 0.3) is 0 Å². The average Bonchev–Trinajstić information content (AvgIpc) is 2.72. The summed E-state index contributed by atoms with van der Waals surface area (Å²) < 4.78 is 1.05. The smallest absolute Gasteiger partial charge is 0.0797 e. The van der Waals surface area contributed by atoms with E-state index in [9.17, 15) is 0 Å². The predicted octanol–water partition coefficient (Wildman–Crippen LogP) is 4.83. The van der Waals surface area contributed by atoms with Gasteiger partial charge in [-0.2, -0.15) is 0 Å². The maximum absolute atomic E-state index is 6.12. The molecule has 96 valence electrons. The monoisotopic (exact) mass is 344 g/mol. The van der Waals surface area contributed by atoms with E-state index in [0.717, 1.165) is 39.4 Å². The molecule has 2 aromatic rings. The molecular weight excluding hydrogens is 332 g/mol. The van der Waals surface area contributed by atoms with Gasteiger partial charge in [0.15, 0.2) is 0 Å². The lowest BCUT2D eigenvalue weighted by Gasteiger charge is -2.10. The first kappa shape index (κ1) is 13.8. The molecule has 0 amide bonds. The van der Waals surface area contributed by atoms with Crippen LogP contribution >= 0.6 is 38.9 Å². The van der Waals surface area contributed by atoms with Gasteiger partial charge in [-0.05, 0) is 47.5 Å². The van der Waals surface area contributed by atoms with Crippen molar-refractivity contribution in [2.75, 3.05) is 11.9 Å². The minimum Gasteiger partial charge on any atom is -0.384 e. The summed E-state index contributed by atoms with van der Waals surface area (Å²) in [5.41, 5.74) is 5.13. The van der Waals surface area contributed by atoms with Gasteiger partial charge in [0.25, 0.3) is 0 Å². The van der Waals surface area contributed by atoms with Crippen molar-refractivity contribution in [1.29, 1.82) is 0 Å². The minimum atomic E-state index is 0.787. The molecule has 0 saturated heterocycles. The molecule has 0 atom stereocenters. The van der Waals surface area contributed by atoms with Gasteiger partial charge >= 0.3 is 0 Å². The Hall–Kier alpha value is -0.580. The summed E-state index contributed by atoms with van der Waals surface area (Å²) in [5.74, 6) is 0. The highest BCUT2D eigenvalue weighted by molar-refractivity contribution is 9.10. The summed E-state index contributed by atoms with van der Waals surface area (Å²) in [6, 6.07) is 3.99. The van der Waals surface area contributed by atoms with E-state index in [1.165, 1.54) is 4.88 Å². The Balaban J connectivity index is 1.99. The molecule has 0 aliphatic carbocycles. The van der Waals surface area contributed by atoms with Gasteiger partial charge in [-0.3, -0.25) is 0 Å². The number of nitrogens with zero attached hydrogens (tertiary/aromatic N) is 1. The quantitative estimate of drug-likeness (QED) is 0.858. The zero-order valence-corrected chi connectivity index (χ0v) is 13.4. The first-order chi connectivity index (χ1) is 8.58. The molecule has 18 heavy (non-hydrogen) atoms. The zero-order chi connectivity index (χ0) is 13.1. The Kier molecular flexibility index (Phi) is 4.65. The molecule has 1 aromatic carbocycles. The van der Waals surface area contributed by atoms with Crippen LogP contribution in [0.4, 0.5) is 5.69 Å². The number of nitrogens with one attached hydrogen (secondary N) is 1. The molecule has 2 nitrogen and oxygen atoms in total. The predicted molar refractivity (Wildman–Crippen MR) is 82.9 cm³/mol. The highest BCUT2D eigenvalue weighted by atomic mass is 79.9. The number of hydrogen-bond acceptors (Lipinski definition) is 3. The molecule has 5 heteroatoms. The minimum absolute atomic E-state index is 0.787. The molecule has 1 heterocycles. The van der Waals surface area contributed by atoms with Crippen LogP contribution in [0.2, 0.25) is 5.02 Å². The van der Waals surface area contributed by atoms with E-state index in [-0.39, 0.29) is 0 Å². The fourth-order valence-electron chi connectivity index (χ4n) is 1.66. The topological polar surface area (TPSA) is 24.9 Å². The molecule has 0 unspecified atom stereocenters. The number of aromatic nitrogens is 1. The van der Waals surface area contributed by atoms with Gasteiger partial charge in [0.1, 0.15) is 0 Å². The molecule has 0 radical (unpaired) electrons. The van der Waals surface area contributed by atoms with Crippen LogP contribution in [-0.4, -0.2) is 11.5 Å². The van der Waals surface area contributed by atoms with Gasteiger partial charge in [0.2, 0.25) is 0 Å². The van der Waals surface area contributed by atoms with E-state index in [1.54, 1.807) is 11.3 Å². The Labute approximate surface area is 125 Å². The maximum atomic E-state index is 6.12. The first-order valence-corrected chi connectivity index (χ1v) is 7.71. The van der Waals surface area contributed by atoms with Crippen molar-refractivity contribution in [2.45, 2.75) is 20.3 Å². The summed E-state index contributed by atoms with van der Waals surface area (Å²) in [6.45, 7) is 4.92. The second-order valence-corrected chi connectivity index (χ2v) is 6.32. The Morgan fingerprint density at radius 3 is 2.83 bits per heavy atom. The lowest BCUT2D eigenvalue weighted by atomic mass is 10.2. The van der Waals surface area contributed by atoms with E-state index in [0.29, 0.717) is 0 Å². The molecule has 0 saturated carbocycles. The van der Waals surface area contributed by atoms with Gasteiger partial charge in [-0.1, -0.05) is 11.6 Å². The van der Waals surface area contributed by atoms with Crippen molar-refractivity contribution < 1.29 is 0 Å². The molecule has 0 fully saturated rings. The molecule has 1 N–H and O–H groups in total. The molecule has 0 bridgehead atoms. The number of aryl methyl sites for hydroxylation is 2. The molecule has 0 spiro atoms. The summed E-state index contributed by atoms with van der Waals surface area (Å²) in [6.07, 6.45) is 0.981. The van der Waals surface area contributed by atoms with E-state index in [2.05, 4.69) is 26.2 Å². The summed E-state index contributed by atoms with van der Waals surface area (Å²) >= 11 is 11.4. The van der Waals surface area contributed by atoms with Crippen LogP contribution in [-0.2, 0) is 6.42 Å². The highest BCUT2D eigenvalue weighted by Gasteiger charge is 2.05. The molecule has 0 aliphatic rings. The third kappa shape index (κ3) is 3.25. The lowest BCUT2D eigenvalue weighted by Crippen LogP contribution is -2.05. The van der Waals surface area contributed by atoms with Crippen LogP contribution in [0.5, 0.6) is 0 Å². The fraction of sp³-hybridized carbons (Fsp3) is 0.308. The number of rotatable bonds is 4. The van der Waals surface area contributed by atoms with Crippen molar-refractivity contribution >= 4 is 44.6 Å². The van der Waals surface area contributed by atoms with Gasteiger partial charge in [-0.25, -0.2) is 4.98 Å². The Morgan fingerprint density at radius 2 is 2.17 bits per heavy atom. The van der Waals surface area contributed by atoms with Crippen LogP contribution in [0, 0.1) is 13.8 Å². The standard InChI is InChI=1S/C13H14BrClN2S/c1-8-5-10(14)12(6-11(8)15)16-4-3-13-9(2)17-7-18-13/h5-7,16H,3-4H2,1-2H3. The number of hydrogen-bond donors (Lipinski definition) is 1. The fourth-order valence-corrected chi connectivity index (χ4v) is 3.20. The molecule has 2 rings (SSSR count). The second kappa shape index (κ2) is 6.04. The van der Waals surface area contributed by atoms with Crippen LogP contribution in [0.3, 0.4) is 0 Å². The van der Waals surface area contributed by atoms with Gasteiger partial charge in [0, 0.05) is 33.0 Å². The molecular formula is C13H14BrClN2S. The Bertz CT molecular complexity index is 554. The lowest BCUT2D eigenvalue weighted by molar-refractivity contribution is 1.02. The Morgan fingerprint density at radius 1 is 1.39 bits per heavy atom. The van der Waals surface area contributed by atoms with Crippen LogP contribution in [0.15, 0.2) is 22.1 Å². The van der Waals surface area contributed by atoms with Crippen LogP contribution in [0.1, 0.15) is 16.1 Å². The number of anilines is 1. The normalized spacial score (nSPS) is 10.7. The van der Waals surface area contributed by atoms with E-state index < -0.39 is 0 Å². The third-order valence-electron chi connectivity index (χ3n) is 2.76. The first-order valence-electron chi connectivity index (χ1n) is 5.66. The SMILES string of the molecule is Cc1cc(Br)c(NCCc2scnc2C)cc1Cl. The van der Waals surface area contributed by atoms with Crippen LogP contribution < -0.4 is 5.32 Å². The molecule has 1 aromatic heterocycles. The van der Waals surface area contributed by atoms with E-state index >= 15 is 0 Å². The van der Waals surface area contributed by atoms with Gasteiger partial charge in [-0.15, -0.1) is 11.3 Å². The largest absolute Gasteiger partial charge is 0.384 e. The van der Waals surface area contributed by atoms with Crippen molar-refractivity contribution in [1.82, 2.24) is 4.98 Å². The van der Waals surface area contributed by atoms with E-state index in [1.807, 2.05) is 31.5 Å². The van der Waals surface area contributed by atoms with Gasteiger partial charge < -0.3 is 5.32 Å². The third-order valence-corrected chi connectivity index (χ3v) is 4.82. The number of thiazole rings is 1. The number of halogens is 2. The van der Waals surface area contributed by atoms with Crippen molar-refractivity contribution in [3.8, 4) is 0 Å². The van der Waals surface area contributed by atoms with Crippen molar-refractivity contribution in [3.05, 3.63) is 43.3 Å². The molecule has 0 aliphatic heterocycles. The second-order valence-electron chi connectivity index (χ2n) is 4.12. The van der Waals surface area contributed by atoms with Gasteiger partial charge in [0.05, 0.1) is 11.2 Å². The maximum Gasteiger partial charge on any atom is 0.0797 e. The average molecular weight is 346 g/mol. The summed E-state index contributed by atoms with van der Waals surface area (Å²) in [4.78, 5) is 5.58. The zero-order valence-electron chi connectivity index (χ0n) is 10.3. The summed E-state index contributed by atoms with van der Waals surface area (Å²) in [5, 5.41) is 4.18. The van der Waals surface area contributed by atoms with E-state index in [4.69, 9.17) is 11.6 Å². The highest BCUT2D eigenvalue weighted by Crippen LogP contribution is 2.29. The summed E-state index contributed by atoms with van der Waals surface area (Å²) in [7, 11) is 0. The van der Waals surface area contributed by atoms with Crippen molar-refractivity contribution in [2.24, 2.45) is 0 Å². The number of benzene rings is 1. The van der Waals surface area contributed by atoms with Crippen molar-refractivity contribution in [3.63, 3.8) is 0 Å².